The number of urea groups is 1. The number of piperidine rings is 1. The van der Waals surface area contributed by atoms with Crippen molar-refractivity contribution in [3.63, 3.8) is 0 Å². The number of fused-ring (bicyclic) bond motifs is 1. The zero-order valence-corrected chi connectivity index (χ0v) is 19.1. The summed E-state index contributed by atoms with van der Waals surface area (Å²) in [6.07, 6.45) is 14.7. The molecule has 1 saturated carbocycles. The molecule has 32 heavy (non-hydrogen) atoms. The third-order valence-corrected chi connectivity index (χ3v) is 7.77. The van der Waals surface area contributed by atoms with E-state index < -0.39 is 0 Å². The number of nitrogens with zero attached hydrogens (tertiary/aromatic N) is 4. The fourth-order valence-corrected chi connectivity index (χ4v) is 5.95. The van der Waals surface area contributed by atoms with Crippen molar-refractivity contribution in [3.05, 3.63) is 30.1 Å². The number of nitrogens with one attached hydrogen (secondary N) is 1. The minimum Gasteiger partial charge on any atom is -0.300 e. The number of amides is 3. The fraction of sp³-hybridized carbons (Fsp3) is 0.640. The lowest BCUT2D eigenvalue weighted by Gasteiger charge is -2.40. The van der Waals surface area contributed by atoms with Crippen molar-refractivity contribution in [2.24, 2.45) is 11.8 Å². The predicted octanol–water partition coefficient (Wildman–Crippen LogP) is 4.00. The molecule has 172 valence electrons. The van der Waals surface area contributed by atoms with E-state index in [4.69, 9.17) is 0 Å². The van der Waals surface area contributed by atoms with E-state index in [2.05, 4.69) is 34.4 Å². The van der Waals surface area contributed by atoms with Gasteiger partial charge in [0.25, 0.3) is 0 Å². The average molecular weight is 438 g/mol. The SMILES string of the molecule is C[C@@H]1CC(Cc2ccn3ncc(N4CCC(=O)NC4=O)c3c2)CCN1CC1CCCCC1. The normalized spacial score (nSPS) is 26.0. The summed E-state index contributed by atoms with van der Waals surface area (Å²) >= 11 is 0. The highest BCUT2D eigenvalue weighted by Gasteiger charge is 2.29. The number of aromatic nitrogens is 2. The molecule has 1 N–H and O–H groups in total. The maximum Gasteiger partial charge on any atom is 0.328 e. The molecule has 2 aromatic heterocycles. The quantitative estimate of drug-likeness (QED) is 0.768. The van der Waals surface area contributed by atoms with E-state index in [1.54, 1.807) is 11.1 Å². The standard InChI is InChI=1S/C25H35N5O2/c1-18-13-20(7-10-28(18)17-19-5-3-2-4-6-19)14-21-8-12-30-22(15-21)23(16-26-30)29-11-9-24(31)27-25(29)32/h8,12,15-16,18-20H,2-7,9-11,13-14,17H2,1H3,(H,27,31,32)/t18-,20?/m1/s1. The number of carbonyl (C=O) groups is 2. The van der Waals surface area contributed by atoms with Crippen LogP contribution in [0.5, 0.6) is 0 Å². The molecule has 4 heterocycles. The van der Waals surface area contributed by atoms with Crippen molar-refractivity contribution in [2.75, 3.05) is 24.5 Å². The predicted molar refractivity (Wildman–Crippen MR) is 125 cm³/mol. The van der Waals surface area contributed by atoms with E-state index in [-0.39, 0.29) is 11.9 Å². The maximum atomic E-state index is 12.3. The van der Waals surface area contributed by atoms with Crippen LogP contribution in [0.15, 0.2) is 24.5 Å². The highest BCUT2D eigenvalue weighted by molar-refractivity contribution is 6.07. The zero-order valence-electron chi connectivity index (χ0n) is 19.1. The lowest BCUT2D eigenvalue weighted by molar-refractivity contribution is -0.120. The van der Waals surface area contributed by atoms with Crippen molar-refractivity contribution in [1.29, 1.82) is 0 Å². The maximum absolute atomic E-state index is 12.3. The summed E-state index contributed by atoms with van der Waals surface area (Å²) in [4.78, 5) is 28.2. The summed E-state index contributed by atoms with van der Waals surface area (Å²) in [6.45, 7) is 5.31. The van der Waals surface area contributed by atoms with Crippen LogP contribution in [0.4, 0.5) is 10.5 Å². The third-order valence-electron chi connectivity index (χ3n) is 7.77. The first kappa shape index (κ1) is 21.4. The lowest BCUT2D eigenvalue weighted by Crippen LogP contribution is -2.49. The largest absolute Gasteiger partial charge is 0.328 e. The van der Waals surface area contributed by atoms with Crippen molar-refractivity contribution in [1.82, 2.24) is 19.8 Å². The molecule has 5 rings (SSSR count). The molecule has 7 nitrogen and oxygen atoms in total. The molecule has 1 aliphatic carbocycles. The van der Waals surface area contributed by atoms with Crippen molar-refractivity contribution >= 4 is 23.1 Å². The van der Waals surface area contributed by atoms with Gasteiger partial charge in [-0.05, 0) is 75.1 Å². The second-order valence-electron chi connectivity index (χ2n) is 10.1. The van der Waals surface area contributed by atoms with Gasteiger partial charge in [-0.25, -0.2) is 9.31 Å². The van der Waals surface area contributed by atoms with Crippen LogP contribution in [0.25, 0.3) is 5.52 Å². The minimum atomic E-state index is -0.360. The van der Waals surface area contributed by atoms with Gasteiger partial charge in [0.2, 0.25) is 5.91 Å². The molecular formula is C25H35N5O2. The fourth-order valence-electron chi connectivity index (χ4n) is 5.95. The smallest absolute Gasteiger partial charge is 0.300 e. The molecule has 3 fully saturated rings. The molecule has 0 aromatic carbocycles. The summed E-state index contributed by atoms with van der Waals surface area (Å²) in [5.41, 5.74) is 2.99. The Balaban J connectivity index is 1.24. The van der Waals surface area contributed by atoms with Gasteiger partial charge in [0.15, 0.2) is 0 Å². The molecule has 1 unspecified atom stereocenters. The molecule has 2 atom stereocenters. The summed E-state index contributed by atoms with van der Waals surface area (Å²) in [7, 11) is 0. The zero-order chi connectivity index (χ0) is 22.1. The molecule has 2 saturated heterocycles. The van der Waals surface area contributed by atoms with Crippen molar-refractivity contribution in [2.45, 2.75) is 70.8 Å². The Morgan fingerprint density at radius 1 is 1.09 bits per heavy atom. The Morgan fingerprint density at radius 2 is 1.94 bits per heavy atom. The second kappa shape index (κ2) is 9.22. The minimum absolute atomic E-state index is 0.215. The molecule has 2 aromatic rings. The molecule has 2 aliphatic heterocycles. The van der Waals surface area contributed by atoms with Crippen LogP contribution in [0.2, 0.25) is 0 Å². The number of anilines is 1. The monoisotopic (exact) mass is 437 g/mol. The first-order valence-corrected chi connectivity index (χ1v) is 12.4. The summed E-state index contributed by atoms with van der Waals surface area (Å²) in [5.74, 6) is 1.39. The Kier molecular flexibility index (Phi) is 6.17. The molecule has 0 bridgehead atoms. The van der Waals surface area contributed by atoms with Crippen molar-refractivity contribution in [3.8, 4) is 0 Å². The van der Waals surface area contributed by atoms with Gasteiger partial charge in [-0.1, -0.05) is 19.3 Å². The van der Waals surface area contributed by atoms with Gasteiger partial charge in [-0.3, -0.25) is 15.0 Å². The summed E-state index contributed by atoms with van der Waals surface area (Å²) in [5, 5.41) is 6.82. The molecular weight excluding hydrogens is 402 g/mol. The van der Waals surface area contributed by atoms with Crippen LogP contribution in [0, 0.1) is 11.8 Å². The lowest BCUT2D eigenvalue weighted by atomic mass is 9.84. The number of hydrogen-bond acceptors (Lipinski definition) is 4. The highest BCUT2D eigenvalue weighted by Crippen LogP contribution is 2.31. The van der Waals surface area contributed by atoms with E-state index in [0.717, 1.165) is 23.5 Å². The number of hydrogen-bond donors (Lipinski definition) is 1. The first-order chi connectivity index (χ1) is 15.6. The molecule has 3 amide bonds. The van der Waals surface area contributed by atoms with Gasteiger partial charge in [0.1, 0.15) is 0 Å². The van der Waals surface area contributed by atoms with Crippen LogP contribution >= 0.6 is 0 Å². The summed E-state index contributed by atoms with van der Waals surface area (Å²) < 4.78 is 1.82. The topological polar surface area (TPSA) is 70.0 Å². The van der Waals surface area contributed by atoms with E-state index in [0.29, 0.717) is 24.9 Å². The van der Waals surface area contributed by atoms with Gasteiger partial charge < -0.3 is 4.90 Å². The van der Waals surface area contributed by atoms with Gasteiger partial charge in [0.05, 0.1) is 17.4 Å². The van der Waals surface area contributed by atoms with E-state index in [1.807, 2.05) is 10.7 Å². The first-order valence-electron chi connectivity index (χ1n) is 12.4. The van der Waals surface area contributed by atoms with E-state index in [9.17, 15) is 9.59 Å². The van der Waals surface area contributed by atoms with E-state index >= 15 is 0 Å². The molecule has 0 radical (unpaired) electrons. The number of carbonyl (C=O) groups excluding carboxylic acids is 2. The molecule has 3 aliphatic rings. The number of rotatable bonds is 5. The number of likely N-dealkylation sites (tertiary alicyclic amines) is 1. The Bertz CT molecular complexity index is 980. The Labute approximate surface area is 190 Å². The van der Waals surface area contributed by atoms with Crippen LogP contribution in [-0.4, -0.2) is 52.1 Å². The van der Waals surface area contributed by atoms with Crippen LogP contribution in [-0.2, 0) is 11.2 Å². The molecule has 7 heteroatoms. The number of imide groups is 1. The highest BCUT2D eigenvalue weighted by atomic mass is 16.2. The van der Waals surface area contributed by atoms with Crippen LogP contribution in [0.1, 0.15) is 63.9 Å². The van der Waals surface area contributed by atoms with Crippen LogP contribution in [0.3, 0.4) is 0 Å². The van der Waals surface area contributed by atoms with Gasteiger partial charge in [-0.2, -0.15) is 5.10 Å². The van der Waals surface area contributed by atoms with Crippen LogP contribution < -0.4 is 10.2 Å². The van der Waals surface area contributed by atoms with Gasteiger partial charge in [0, 0.05) is 31.7 Å². The Hall–Kier alpha value is -2.41. The Morgan fingerprint density at radius 3 is 2.72 bits per heavy atom. The van der Waals surface area contributed by atoms with Gasteiger partial charge >= 0.3 is 6.03 Å². The summed E-state index contributed by atoms with van der Waals surface area (Å²) in [6, 6.07) is 4.62. The third kappa shape index (κ3) is 4.53. The number of pyridine rings is 1. The second-order valence-corrected chi connectivity index (χ2v) is 10.1. The van der Waals surface area contributed by atoms with Crippen molar-refractivity contribution < 1.29 is 9.59 Å². The van der Waals surface area contributed by atoms with Gasteiger partial charge in [-0.15, -0.1) is 0 Å². The van der Waals surface area contributed by atoms with E-state index in [1.165, 1.54) is 63.6 Å². The average Bonchev–Trinajstić information content (AvgIpc) is 3.19. The molecule has 0 spiro atoms.